The van der Waals surface area contributed by atoms with Crippen LogP contribution in [0, 0.1) is 5.92 Å². The summed E-state index contributed by atoms with van der Waals surface area (Å²) in [6.45, 7) is 3.61. The summed E-state index contributed by atoms with van der Waals surface area (Å²) in [5, 5.41) is 24.9. The topological polar surface area (TPSA) is 234 Å². The molecule has 0 spiro atoms. The Balaban J connectivity index is 2.67. The number of nitrogens with one attached hydrogen (secondary N) is 3. The monoisotopic (exact) mass is 514 g/mol. The maximum Gasteiger partial charge on any atom is 0.326 e. The van der Waals surface area contributed by atoms with E-state index in [0.29, 0.717) is 38.8 Å². The quantitative estimate of drug-likeness (QED) is 0.116. The number of unbranched alkanes of at least 4 members (excludes halogenated alkanes) is 1. The van der Waals surface area contributed by atoms with E-state index in [0.717, 1.165) is 6.42 Å². The predicted octanol–water partition coefficient (Wildman–Crippen LogP) is -2.27. The summed E-state index contributed by atoms with van der Waals surface area (Å²) in [6, 6.07) is -4.33. The molecule has 4 atom stereocenters. The number of likely N-dealkylation sites (tertiary alicyclic amines) is 1. The van der Waals surface area contributed by atoms with E-state index in [2.05, 4.69) is 16.0 Å². The molecule has 0 aromatic heterocycles. The van der Waals surface area contributed by atoms with Gasteiger partial charge in [-0.1, -0.05) is 20.3 Å². The predicted molar refractivity (Wildman–Crippen MR) is 127 cm³/mol. The highest BCUT2D eigenvalue weighted by molar-refractivity contribution is 5.94. The lowest BCUT2D eigenvalue weighted by Gasteiger charge is -2.27. The minimum absolute atomic E-state index is 0.333. The van der Waals surface area contributed by atoms with Gasteiger partial charge in [0.15, 0.2) is 0 Å². The molecule has 0 unspecified atom stereocenters. The van der Waals surface area contributed by atoms with Crippen LogP contribution in [0.5, 0.6) is 0 Å². The first-order valence-corrected chi connectivity index (χ1v) is 12.0. The number of nitrogens with zero attached hydrogens (tertiary/aromatic N) is 1. The van der Waals surface area contributed by atoms with Crippen molar-refractivity contribution in [3.05, 3.63) is 0 Å². The van der Waals surface area contributed by atoms with Crippen molar-refractivity contribution >= 4 is 35.6 Å². The SMILES string of the molecule is CC(C)[C@H](NC(=O)CNC(=O)[C@@H]1CCCN1C(=O)[C@@H](N)CCCCN)C(=O)N[C@@H](CC(=O)O)C(=O)O. The molecule has 1 saturated heterocycles. The van der Waals surface area contributed by atoms with E-state index in [1.807, 2.05) is 0 Å². The number of carbonyl (C=O) groups is 6. The van der Waals surface area contributed by atoms with Crippen LogP contribution in [-0.4, -0.2) is 94.5 Å². The molecule has 1 fully saturated rings. The second kappa shape index (κ2) is 15.0. The van der Waals surface area contributed by atoms with E-state index in [-0.39, 0.29) is 5.91 Å². The molecule has 1 heterocycles. The number of rotatable bonds is 15. The van der Waals surface area contributed by atoms with Crippen molar-refractivity contribution < 1.29 is 39.0 Å². The standard InChI is InChI=1S/C22H38N6O8/c1-12(2)18(20(33)26-14(22(35)36)10-17(30)31)27-16(29)11-25-19(32)15-7-5-9-28(15)21(34)13(24)6-3-4-8-23/h12-15,18H,3-11,23-24H2,1-2H3,(H,25,32)(H,26,33)(H,27,29)(H,30,31)(H,35,36)/t13-,14-,15-,18-/m0/s1. The number of aliphatic carboxylic acids is 2. The fourth-order valence-corrected chi connectivity index (χ4v) is 3.83. The molecule has 0 aromatic rings. The molecular formula is C22H38N6O8. The number of amides is 4. The molecule has 204 valence electrons. The Kier molecular flexibility index (Phi) is 12.8. The normalized spacial score (nSPS) is 17.7. The zero-order valence-corrected chi connectivity index (χ0v) is 20.7. The van der Waals surface area contributed by atoms with Crippen LogP contribution in [0.4, 0.5) is 0 Å². The van der Waals surface area contributed by atoms with Gasteiger partial charge >= 0.3 is 11.9 Å². The van der Waals surface area contributed by atoms with Gasteiger partial charge in [0.05, 0.1) is 19.0 Å². The highest BCUT2D eigenvalue weighted by atomic mass is 16.4. The van der Waals surface area contributed by atoms with Gasteiger partial charge in [0.2, 0.25) is 23.6 Å². The van der Waals surface area contributed by atoms with Gasteiger partial charge in [0, 0.05) is 6.54 Å². The maximum atomic E-state index is 12.7. The first kappa shape index (κ1) is 30.8. The van der Waals surface area contributed by atoms with Crippen molar-refractivity contribution in [3.63, 3.8) is 0 Å². The maximum absolute atomic E-state index is 12.7. The first-order chi connectivity index (χ1) is 16.9. The molecule has 14 nitrogen and oxygen atoms in total. The highest BCUT2D eigenvalue weighted by Gasteiger charge is 2.36. The van der Waals surface area contributed by atoms with Crippen LogP contribution in [0.1, 0.15) is 52.4 Å². The minimum atomic E-state index is -1.67. The molecule has 14 heteroatoms. The highest BCUT2D eigenvalue weighted by Crippen LogP contribution is 2.19. The van der Waals surface area contributed by atoms with E-state index in [1.54, 1.807) is 13.8 Å². The average Bonchev–Trinajstić information content (AvgIpc) is 3.29. The van der Waals surface area contributed by atoms with Gasteiger partial charge < -0.3 is 42.5 Å². The average molecular weight is 515 g/mol. The van der Waals surface area contributed by atoms with Crippen LogP contribution in [0.15, 0.2) is 0 Å². The zero-order valence-electron chi connectivity index (χ0n) is 20.7. The summed E-state index contributed by atoms with van der Waals surface area (Å²) < 4.78 is 0. The van der Waals surface area contributed by atoms with Crippen LogP contribution in [0.3, 0.4) is 0 Å². The third-order valence-electron chi connectivity index (χ3n) is 5.81. The number of nitrogens with two attached hydrogens (primary N) is 2. The molecule has 0 aromatic carbocycles. The van der Waals surface area contributed by atoms with Gasteiger partial charge in [-0.3, -0.25) is 24.0 Å². The molecule has 9 N–H and O–H groups in total. The molecule has 1 rings (SSSR count). The Hall–Kier alpha value is -3.26. The summed E-state index contributed by atoms with van der Waals surface area (Å²) >= 11 is 0. The lowest BCUT2D eigenvalue weighted by Crippen LogP contribution is -2.56. The molecule has 4 amide bonds. The number of hydrogen-bond donors (Lipinski definition) is 7. The molecule has 36 heavy (non-hydrogen) atoms. The second-order valence-corrected chi connectivity index (χ2v) is 9.08. The van der Waals surface area contributed by atoms with E-state index >= 15 is 0 Å². The van der Waals surface area contributed by atoms with Gasteiger partial charge in [-0.2, -0.15) is 0 Å². The van der Waals surface area contributed by atoms with Crippen molar-refractivity contribution in [1.29, 1.82) is 0 Å². The van der Waals surface area contributed by atoms with Gasteiger partial charge in [0.25, 0.3) is 0 Å². The first-order valence-electron chi connectivity index (χ1n) is 12.0. The third kappa shape index (κ3) is 9.77. The minimum Gasteiger partial charge on any atom is -0.481 e. The van der Waals surface area contributed by atoms with Crippen LogP contribution in [-0.2, 0) is 28.8 Å². The fraction of sp³-hybridized carbons (Fsp3) is 0.727. The Morgan fingerprint density at radius 1 is 1.06 bits per heavy atom. The molecule has 1 aliphatic heterocycles. The zero-order chi connectivity index (χ0) is 27.4. The Bertz CT molecular complexity index is 820. The number of carbonyl (C=O) groups excluding carboxylic acids is 4. The largest absolute Gasteiger partial charge is 0.481 e. The van der Waals surface area contributed by atoms with Crippen molar-refractivity contribution in [3.8, 4) is 0 Å². The van der Waals surface area contributed by atoms with Crippen LogP contribution >= 0.6 is 0 Å². The lowest BCUT2D eigenvalue weighted by atomic mass is 10.0. The summed E-state index contributed by atoms with van der Waals surface area (Å²) in [7, 11) is 0. The van der Waals surface area contributed by atoms with Gasteiger partial charge in [-0.15, -0.1) is 0 Å². The smallest absolute Gasteiger partial charge is 0.326 e. The summed E-state index contributed by atoms with van der Waals surface area (Å²) in [4.78, 5) is 73.8. The number of carboxylic acids is 2. The van der Waals surface area contributed by atoms with E-state index in [9.17, 15) is 28.8 Å². The van der Waals surface area contributed by atoms with Crippen molar-refractivity contribution in [2.75, 3.05) is 19.6 Å². The van der Waals surface area contributed by atoms with Crippen LogP contribution in [0.2, 0.25) is 0 Å². The van der Waals surface area contributed by atoms with Crippen molar-refractivity contribution in [2.45, 2.75) is 76.5 Å². The Morgan fingerprint density at radius 2 is 1.72 bits per heavy atom. The third-order valence-corrected chi connectivity index (χ3v) is 5.81. The second-order valence-electron chi connectivity index (χ2n) is 9.08. The molecule has 0 aliphatic carbocycles. The lowest BCUT2D eigenvalue weighted by molar-refractivity contribution is -0.147. The van der Waals surface area contributed by atoms with Gasteiger partial charge in [-0.25, -0.2) is 4.79 Å². The summed E-state index contributed by atoms with van der Waals surface area (Å²) in [5.41, 5.74) is 11.4. The number of hydrogen-bond acceptors (Lipinski definition) is 8. The van der Waals surface area contributed by atoms with Crippen LogP contribution in [0.25, 0.3) is 0 Å². The fourth-order valence-electron chi connectivity index (χ4n) is 3.83. The Labute approximate surface area is 209 Å². The molecule has 0 saturated carbocycles. The molecule has 0 radical (unpaired) electrons. The van der Waals surface area contributed by atoms with E-state index in [4.69, 9.17) is 21.7 Å². The van der Waals surface area contributed by atoms with Crippen molar-refractivity contribution in [2.24, 2.45) is 17.4 Å². The Morgan fingerprint density at radius 3 is 2.28 bits per heavy atom. The van der Waals surface area contributed by atoms with E-state index in [1.165, 1.54) is 4.90 Å². The number of carboxylic acid groups (broad SMARTS) is 2. The van der Waals surface area contributed by atoms with Gasteiger partial charge in [0.1, 0.15) is 18.1 Å². The molecular weight excluding hydrogens is 476 g/mol. The summed E-state index contributed by atoms with van der Waals surface area (Å²) in [5.74, 6) is -5.84. The van der Waals surface area contributed by atoms with Crippen molar-refractivity contribution in [1.82, 2.24) is 20.9 Å². The summed E-state index contributed by atoms with van der Waals surface area (Å²) in [6.07, 6.45) is 2.10. The molecule has 0 bridgehead atoms. The molecule has 1 aliphatic rings. The van der Waals surface area contributed by atoms with E-state index < -0.39 is 72.7 Å². The van der Waals surface area contributed by atoms with Gasteiger partial charge in [-0.05, 0) is 38.1 Å². The van der Waals surface area contributed by atoms with Crippen LogP contribution < -0.4 is 27.4 Å².